The Labute approximate surface area is 181 Å². The van der Waals surface area contributed by atoms with Crippen LogP contribution >= 0.6 is 0 Å². The summed E-state index contributed by atoms with van der Waals surface area (Å²) in [6.45, 7) is 18.4. The molecule has 0 bridgehead atoms. The molecule has 1 aliphatic rings. The fourth-order valence-corrected chi connectivity index (χ4v) is 6.33. The van der Waals surface area contributed by atoms with Crippen molar-refractivity contribution in [1.82, 2.24) is 0 Å². The first-order chi connectivity index (χ1) is 14.3. The van der Waals surface area contributed by atoms with Crippen molar-refractivity contribution in [3.05, 3.63) is 100 Å². The molecule has 0 amide bonds. The number of hydrogen-bond donors (Lipinski definition) is 0. The van der Waals surface area contributed by atoms with Crippen molar-refractivity contribution in [1.29, 1.82) is 0 Å². The molecule has 0 aliphatic carbocycles. The lowest BCUT2D eigenvalue weighted by Crippen LogP contribution is -2.74. The van der Waals surface area contributed by atoms with Crippen LogP contribution in [-0.4, -0.2) is 23.5 Å². The third kappa shape index (κ3) is 2.89. The van der Waals surface area contributed by atoms with Crippen molar-refractivity contribution in [2.45, 2.75) is 41.5 Å². The van der Waals surface area contributed by atoms with E-state index in [2.05, 4.69) is 107 Å². The molecule has 0 atom stereocenters. The summed E-state index contributed by atoms with van der Waals surface area (Å²) in [6.07, 6.45) is 3.08. The van der Waals surface area contributed by atoms with Gasteiger partial charge in [-0.15, -0.1) is 16.4 Å². The molecule has 30 heavy (non-hydrogen) atoms. The Bertz CT molecular complexity index is 1100. The van der Waals surface area contributed by atoms with E-state index in [0.717, 1.165) is 6.54 Å². The van der Waals surface area contributed by atoms with E-state index in [1.165, 1.54) is 55.3 Å². The first kappa shape index (κ1) is 20.4. The van der Waals surface area contributed by atoms with Gasteiger partial charge in [-0.3, -0.25) is 0 Å². The molecule has 0 unspecified atom stereocenters. The smallest absolute Gasteiger partial charge is 0.357 e. The summed E-state index contributed by atoms with van der Waals surface area (Å²) in [5.41, 5.74) is 13.8. The molecule has 152 valence electrons. The molecule has 0 radical (unpaired) electrons. The van der Waals surface area contributed by atoms with Crippen LogP contribution in [-0.2, 0) is 0 Å². The summed E-state index contributed by atoms with van der Waals surface area (Å²) < 4.78 is 2.56. The molecule has 1 heterocycles. The highest BCUT2D eigenvalue weighted by Crippen LogP contribution is 2.23. The number of aryl methyl sites for hydroxylation is 6. The maximum absolute atomic E-state index is 4.11. The van der Waals surface area contributed by atoms with E-state index in [-0.39, 0.29) is 0 Å². The summed E-state index contributed by atoms with van der Waals surface area (Å²) in [5.74, 6) is 0. The zero-order chi connectivity index (χ0) is 21.6. The Kier molecular flexibility index (Phi) is 5.06. The van der Waals surface area contributed by atoms with Gasteiger partial charge in [-0.05, 0) is 47.6 Å². The van der Waals surface area contributed by atoms with Gasteiger partial charge in [-0.25, -0.2) is 0 Å². The van der Waals surface area contributed by atoms with Gasteiger partial charge in [0.2, 0.25) is 0 Å². The third-order valence-corrected chi connectivity index (χ3v) is 6.90. The molecular formula is C28H32BN. The monoisotopic (exact) mass is 393 g/mol. The van der Waals surface area contributed by atoms with Crippen molar-refractivity contribution in [2.24, 2.45) is 0 Å². The molecular weight excluding hydrogens is 361 g/mol. The molecule has 3 aromatic carbocycles. The van der Waals surface area contributed by atoms with Crippen LogP contribution in [0.4, 0.5) is 0 Å². The van der Waals surface area contributed by atoms with Gasteiger partial charge >= 0.3 is 6.28 Å². The number of nitrogens with zero attached hydrogens (tertiary/aromatic N) is 1. The Hall–Kier alpha value is -2.87. The Morgan fingerprint density at radius 2 is 1.23 bits per heavy atom. The van der Waals surface area contributed by atoms with E-state index in [9.17, 15) is 0 Å². The highest BCUT2D eigenvalue weighted by Gasteiger charge is 2.50. The van der Waals surface area contributed by atoms with Crippen molar-refractivity contribution in [3.8, 4) is 0 Å². The summed E-state index contributed by atoms with van der Waals surface area (Å²) in [5, 5.41) is 0. The normalized spacial score (nSPS) is 14.4. The topological polar surface area (TPSA) is 3.01 Å². The van der Waals surface area contributed by atoms with Crippen molar-refractivity contribution in [2.75, 3.05) is 6.54 Å². The van der Waals surface area contributed by atoms with Gasteiger partial charge in [-0.2, -0.15) is 0 Å². The van der Waals surface area contributed by atoms with Gasteiger partial charge in [-0.1, -0.05) is 88.5 Å². The Morgan fingerprint density at radius 3 is 1.70 bits per heavy atom. The molecule has 0 fully saturated rings. The summed E-state index contributed by atoms with van der Waals surface area (Å²) in [7, 11) is 0. The molecule has 0 aromatic heterocycles. The van der Waals surface area contributed by atoms with E-state index in [1.807, 2.05) is 6.08 Å². The second-order valence-corrected chi connectivity index (χ2v) is 9.19. The number of rotatable bonds is 4. The molecule has 0 saturated carbocycles. The van der Waals surface area contributed by atoms with Gasteiger partial charge < -0.3 is 4.49 Å². The van der Waals surface area contributed by atoms with Crippen LogP contribution in [0, 0.1) is 41.5 Å². The summed E-state index contributed by atoms with van der Waals surface area (Å²) >= 11 is 0. The van der Waals surface area contributed by atoms with Crippen LogP contribution in [0.25, 0.3) is 0 Å². The minimum Gasteiger partial charge on any atom is -0.442 e. The van der Waals surface area contributed by atoms with Gasteiger partial charge in [0.1, 0.15) is 12.8 Å². The lowest BCUT2D eigenvalue weighted by Gasteiger charge is -2.40. The van der Waals surface area contributed by atoms with E-state index in [1.54, 1.807) is 0 Å². The maximum atomic E-state index is 4.11. The quantitative estimate of drug-likeness (QED) is 0.463. The minimum absolute atomic E-state index is 0.814. The van der Waals surface area contributed by atoms with Gasteiger partial charge in [0, 0.05) is 5.56 Å². The molecule has 1 nitrogen and oxygen atoms in total. The SMILES string of the molecule is C=CC[N+]1=Cc2ccccc2[B-]1(c1c(C)cc(C)cc1C)c1c(C)cc(C)cc1C. The van der Waals surface area contributed by atoms with Crippen LogP contribution in [0.2, 0.25) is 0 Å². The second-order valence-electron chi connectivity index (χ2n) is 9.19. The first-order valence-corrected chi connectivity index (χ1v) is 10.9. The van der Waals surface area contributed by atoms with Crippen molar-refractivity contribution < 1.29 is 4.49 Å². The molecule has 4 rings (SSSR count). The fraction of sp³-hybridized carbons (Fsp3) is 0.250. The first-order valence-electron chi connectivity index (χ1n) is 10.9. The minimum atomic E-state index is -1.31. The summed E-state index contributed by atoms with van der Waals surface area (Å²) in [6, 6.07) is 18.3. The van der Waals surface area contributed by atoms with Crippen LogP contribution in [0.1, 0.15) is 38.9 Å². The van der Waals surface area contributed by atoms with Crippen LogP contribution in [0.15, 0.2) is 61.2 Å². The Balaban J connectivity index is 2.25. The lowest BCUT2D eigenvalue weighted by atomic mass is 9.22. The average Bonchev–Trinajstić information content (AvgIpc) is 2.95. The molecule has 1 aliphatic heterocycles. The maximum Gasteiger partial charge on any atom is 0.357 e. The van der Waals surface area contributed by atoms with Crippen LogP contribution in [0.5, 0.6) is 0 Å². The average molecular weight is 393 g/mol. The predicted octanol–water partition coefficient (Wildman–Crippen LogP) is 4.14. The van der Waals surface area contributed by atoms with E-state index >= 15 is 0 Å². The van der Waals surface area contributed by atoms with E-state index in [4.69, 9.17) is 0 Å². The van der Waals surface area contributed by atoms with E-state index in [0.29, 0.717) is 0 Å². The standard InChI is InChI=1S/C28H32BN/c1-8-13-30-18-25-11-9-10-12-26(25)29(30,27-21(4)14-19(2)15-22(27)5)28-23(6)16-20(3)17-24(28)7/h8-12,14-18H,1,13H2,2-7H3. The lowest BCUT2D eigenvalue weighted by molar-refractivity contribution is -0.370. The second kappa shape index (κ2) is 7.43. The van der Waals surface area contributed by atoms with Crippen LogP contribution in [0.3, 0.4) is 0 Å². The number of hydrogen-bond acceptors (Lipinski definition) is 0. The number of benzene rings is 3. The zero-order valence-electron chi connectivity index (χ0n) is 19.2. The van der Waals surface area contributed by atoms with Crippen molar-refractivity contribution >= 4 is 28.9 Å². The van der Waals surface area contributed by atoms with Crippen LogP contribution < -0.4 is 16.4 Å². The third-order valence-electron chi connectivity index (χ3n) is 6.90. The highest BCUT2D eigenvalue weighted by atomic mass is 15.0. The molecule has 3 aromatic rings. The summed E-state index contributed by atoms with van der Waals surface area (Å²) in [4.78, 5) is 0. The van der Waals surface area contributed by atoms with Gasteiger partial charge in [0.15, 0.2) is 0 Å². The Morgan fingerprint density at radius 1 is 0.767 bits per heavy atom. The molecule has 0 N–H and O–H groups in total. The van der Waals surface area contributed by atoms with Gasteiger partial charge in [0.25, 0.3) is 0 Å². The largest absolute Gasteiger partial charge is 0.442 e. The fourth-order valence-electron chi connectivity index (χ4n) is 6.33. The predicted molar refractivity (Wildman–Crippen MR) is 133 cm³/mol. The zero-order valence-corrected chi connectivity index (χ0v) is 19.2. The molecule has 0 saturated heterocycles. The van der Waals surface area contributed by atoms with Gasteiger partial charge in [0.05, 0.1) is 0 Å². The molecule has 0 spiro atoms. The highest BCUT2D eigenvalue weighted by molar-refractivity contribution is 7.08. The number of fused-ring (bicyclic) bond motifs is 1. The molecule has 2 heteroatoms. The van der Waals surface area contributed by atoms with Crippen molar-refractivity contribution in [3.63, 3.8) is 0 Å². The van der Waals surface area contributed by atoms with E-state index < -0.39 is 6.28 Å².